The summed E-state index contributed by atoms with van der Waals surface area (Å²) in [6.45, 7) is 6.03. The number of rotatable bonds is 6. The van der Waals surface area contributed by atoms with E-state index >= 15 is 0 Å². The van der Waals surface area contributed by atoms with E-state index in [2.05, 4.69) is 36.4 Å². The zero-order chi connectivity index (χ0) is 19.4. The molecule has 0 amide bonds. The van der Waals surface area contributed by atoms with E-state index in [4.69, 9.17) is 14.4 Å². The van der Waals surface area contributed by atoms with Crippen LogP contribution in [-0.4, -0.2) is 5.97 Å². The maximum Gasteiger partial charge on any atom is 0.310 e. The van der Waals surface area contributed by atoms with Crippen molar-refractivity contribution in [3.05, 3.63) is 71.3 Å². The van der Waals surface area contributed by atoms with Gasteiger partial charge in [0.25, 0.3) is 0 Å². The molecule has 2 unspecified atom stereocenters. The van der Waals surface area contributed by atoms with Gasteiger partial charge in [0.05, 0.1) is 18.3 Å². The van der Waals surface area contributed by atoms with Crippen molar-refractivity contribution < 1.29 is 13.9 Å². The van der Waals surface area contributed by atoms with E-state index in [0.717, 1.165) is 17.7 Å². The summed E-state index contributed by atoms with van der Waals surface area (Å²) in [5.74, 6) is 0.505. The first-order chi connectivity index (χ1) is 12.9. The summed E-state index contributed by atoms with van der Waals surface area (Å²) in [6, 6.07) is 4.05. The molecule has 0 N–H and O–H groups in total. The molecule has 3 rings (SSSR count). The molecule has 1 saturated carbocycles. The molecule has 1 aromatic heterocycles. The second-order valence-electron chi connectivity index (χ2n) is 7.80. The Balaban J connectivity index is 1.54. The highest BCUT2D eigenvalue weighted by atomic mass is 16.5. The summed E-state index contributed by atoms with van der Waals surface area (Å²) in [4.78, 5) is 12.4. The number of carbonyl (C=O) groups is 1. The summed E-state index contributed by atoms with van der Waals surface area (Å²) in [5, 5.41) is 8.94. The maximum absolute atomic E-state index is 12.4. The van der Waals surface area contributed by atoms with Gasteiger partial charge in [0, 0.05) is 17.6 Å². The fourth-order valence-corrected chi connectivity index (χ4v) is 3.53. The van der Waals surface area contributed by atoms with Crippen LogP contribution in [0.1, 0.15) is 38.5 Å². The van der Waals surface area contributed by atoms with Crippen molar-refractivity contribution in [1.29, 1.82) is 5.26 Å². The summed E-state index contributed by atoms with van der Waals surface area (Å²) in [5.41, 5.74) is 2.51. The van der Waals surface area contributed by atoms with Crippen molar-refractivity contribution in [1.82, 2.24) is 0 Å². The van der Waals surface area contributed by atoms with E-state index in [1.54, 1.807) is 13.2 Å². The van der Waals surface area contributed by atoms with Gasteiger partial charge in [-0.15, -0.1) is 0 Å². The van der Waals surface area contributed by atoms with Crippen molar-refractivity contribution in [3.8, 4) is 6.07 Å². The molecule has 1 heterocycles. The van der Waals surface area contributed by atoms with Gasteiger partial charge in [-0.3, -0.25) is 4.79 Å². The first kappa shape index (κ1) is 19.0. The molecule has 1 aromatic rings. The molecule has 27 heavy (non-hydrogen) atoms. The van der Waals surface area contributed by atoms with Crippen molar-refractivity contribution in [2.75, 3.05) is 0 Å². The smallest absolute Gasteiger partial charge is 0.310 e. The fraction of sp³-hybridized carbons (Fsp3) is 0.391. The monoisotopic (exact) mass is 363 g/mol. The first-order valence-corrected chi connectivity index (χ1v) is 9.25. The largest absolute Gasteiger partial charge is 0.469 e. The summed E-state index contributed by atoms with van der Waals surface area (Å²) < 4.78 is 11.1. The first-order valence-electron chi connectivity index (χ1n) is 9.25. The molecule has 4 heteroatoms. The number of nitrogens with zero attached hydrogens (tertiary/aromatic N) is 1. The van der Waals surface area contributed by atoms with E-state index in [9.17, 15) is 4.79 Å². The number of carbonyl (C=O) groups excluding carboxylic acids is 1. The maximum atomic E-state index is 12.4. The van der Waals surface area contributed by atoms with Crippen LogP contribution in [-0.2, 0) is 22.6 Å². The van der Waals surface area contributed by atoms with E-state index < -0.39 is 0 Å². The Kier molecular flexibility index (Phi) is 5.51. The Morgan fingerprint density at radius 2 is 2.26 bits per heavy atom. The van der Waals surface area contributed by atoms with Crippen LogP contribution in [0.5, 0.6) is 0 Å². The minimum Gasteiger partial charge on any atom is -0.469 e. The lowest BCUT2D eigenvalue weighted by Gasteiger charge is -2.03. The van der Waals surface area contributed by atoms with Gasteiger partial charge >= 0.3 is 5.97 Å². The molecule has 0 spiro atoms. The molecule has 0 radical (unpaired) electrons. The standard InChI is InChI=1S/C23H25NO3/c1-16(13-24)10-20-21(23(20,2)3)22(25)27-15-18-12-19(26-14-18)11-17-8-6-4-5-7-9-17/h4,6-10,12,14,20-21H,5,11,15H2,1-3H3/b16-10-. The molecule has 1 fully saturated rings. The highest BCUT2D eigenvalue weighted by Crippen LogP contribution is 2.59. The van der Waals surface area contributed by atoms with E-state index in [1.165, 1.54) is 5.57 Å². The lowest BCUT2D eigenvalue weighted by atomic mass is 10.1. The molecule has 2 atom stereocenters. The minimum atomic E-state index is -0.214. The van der Waals surface area contributed by atoms with Crippen LogP contribution in [0.2, 0.25) is 0 Å². The van der Waals surface area contributed by atoms with Gasteiger partial charge in [0.1, 0.15) is 12.4 Å². The third-order valence-electron chi connectivity index (χ3n) is 5.29. The molecule has 0 bridgehead atoms. The molecule has 2 aliphatic carbocycles. The number of hydrogen-bond donors (Lipinski definition) is 0. The van der Waals surface area contributed by atoms with Gasteiger partial charge in [-0.2, -0.15) is 5.26 Å². The van der Waals surface area contributed by atoms with Crippen LogP contribution in [0.3, 0.4) is 0 Å². The normalized spacial score (nSPS) is 23.3. The molecule has 4 nitrogen and oxygen atoms in total. The van der Waals surface area contributed by atoms with Crippen LogP contribution in [0.25, 0.3) is 0 Å². The number of ether oxygens (including phenoxy) is 1. The highest BCUT2D eigenvalue weighted by molar-refractivity contribution is 5.78. The second-order valence-corrected chi connectivity index (χ2v) is 7.80. The number of allylic oxidation sites excluding steroid dienone is 8. The van der Waals surface area contributed by atoms with E-state index in [0.29, 0.717) is 12.0 Å². The van der Waals surface area contributed by atoms with Gasteiger partial charge in [-0.05, 0) is 36.3 Å². The zero-order valence-electron chi connectivity index (χ0n) is 16.1. The lowest BCUT2D eigenvalue weighted by molar-refractivity contribution is -0.147. The Labute approximate surface area is 160 Å². The van der Waals surface area contributed by atoms with Gasteiger partial charge in [0.15, 0.2) is 0 Å². The quantitative estimate of drug-likeness (QED) is 0.524. The van der Waals surface area contributed by atoms with Crippen LogP contribution in [0, 0.1) is 28.6 Å². The molecule has 0 saturated heterocycles. The number of nitriles is 1. The zero-order valence-corrected chi connectivity index (χ0v) is 16.1. The molecule has 0 aliphatic heterocycles. The van der Waals surface area contributed by atoms with E-state index in [1.807, 2.05) is 26.0 Å². The van der Waals surface area contributed by atoms with Crippen molar-refractivity contribution in [2.24, 2.45) is 17.3 Å². The number of esters is 1. The SMILES string of the molecule is C/C(C#N)=C/C1C(C(=O)OCc2coc(CC3=CC=CCC=C3)c2)C1(C)C. The summed E-state index contributed by atoms with van der Waals surface area (Å²) in [7, 11) is 0. The Hall–Kier alpha value is -2.80. The lowest BCUT2D eigenvalue weighted by Crippen LogP contribution is -2.10. The molecular weight excluding hydrogens is 338 g/mol. The predicted molar refractivity (Wildman–Crippen MR) is 103 cm³/mol. The van der Waals surface area contributed by atoms with Crippen molar-refractivity contribution in [2.45, 2.75) is 40.2 Å². The summed E-state index contributed by atoms with van der Waals surface area (Å²) in [6.07, 6.45) is 15.7. The second kappa shape index (κ2) is 7.84. The highest BCUT2D eigenvalue weighted by Gasteiger charge is 2.61. The third kappa shape index (κ3) is 4.49. The van der Waals surface area contributed by atoms with Gasteiger partial charge in [-0.25, -0.2) is 0 Å². The third-order valence-corrected chi connectivity index (χ3v) is 5.29. The van der Waals surface area contributed by atoms with Crippen LogP contribution in [0.15, 0.2) is 64.3 Å². The Bertz CT molecular complexity index is 874. The van der Waals surface area contributed by atoms with Crippen molar-refractivity contribution >= 4 is 5.97 Å². The van der Waals surface area contributed by atoms with E-state index in [-0.39, 0.29) is 29.8 Å². The topological polar surface area (TPSA) is 63.2 Å². The number of furan rings is 1. The van der Waals surface area contributed by atoms with Crippen molar-refractivity contribution in [3.63, 3.8) is 0 Å². The molecule has 2 aliphatic rings. The Morgan fingerprint density at radius 1 is 1.44 bits per heavy atom. The Morgan fingerprint density at radius 3 is 3.04 bits per heavy atom. The van der Waals surface area contributed by atoms with Gasteiger partial charge in [-0.1, -0.05) is 50.3 Å². The van der Waals surface area contributed by atoms with Gasteiger partial charge < -0.3 is 9.15 Å². The van der Waals surface area contributed by atoms with Crippen LogP contribution >= 0.6 is 0 Å². The fourth-order valence-electron chi connectivity index (χ4n) is 3.53. The molecular formula is C23H25NO3. The predicted octanol–water partition coefficient (Wildman–Crippen LogP) is 5.05. The summed E-state index contributed by atoms with van der Waals surface area (Å²) >= 11 is 0. The minimum absolute atomic E-state index is 0.0616. The van der Waals surface area contributed by atoms with Gasteiger partial charge in [0.2, 0.25) is 0 Å². The molecule has 0 aromatic carbocycles. The average molecular weight is 363 g/mol. The number of hydrogen-bond acceptors (Lipinski definition) is 4. The average Bonchev–Trinajstić information content (AvgIpc) is 3.04. The molecule has 140 valence electrons. The van der Waals surface area contributed by atoms with Crippen LogP contribution in [0.4, 0.5) is 0 Å². The van der Waals surface area contributed by atoms with Crippen LogP contribution < -0.4 is 0 Å².